The number of rotatable bonds is 3. The van der Waals surface area contributed by atoms with E-state index >= 15 is 0 Å². The van der Waals surface area contributed by atoms with Crippen LogP contribution in [0.5, 0.6) is 0 Å². The molecule has 1 atom stereocenters. The number of aromatic nitrogens is 1. The monoisotopic (exact) mass is 284 g/mol. The minimum absolute atomic E-state index is 0.238. The smallest absolute Gasteiger partial charge is 0.222 e. The van der Waals surface area contributed by atoms with Crippen LogP contribution in [0.4, 0.5) is 0 Å². The zero-order valence-electron chi connectivity index (χ0n) is 12.3. The molecular formula is C16H20N4O. The molecule has 0 aliphatic carbocycles. The summed E-state index contributed by atoms with van der Waals surface area (Å²) in [6, 6.07) is 4.15. The third-order valence-corrected chi connectivity index (χ3v) is 4.52. The number of hydrogen-bond acceptors (Lipinski definition) is 4. The quantitative estimate of drug-likeness (QED) is 0.789. The molecule has 5 heteroatoms. The number of carbonyl (C=O) groups excluding carboxylic acids is 1. The van der Waals surface area contributed by atoms with Crippen LogP contribution in [0.2, 0.25) is 0 Å². The molecule has 2 aliphatic rings. The summed E-state index contributed by atoms with van der Waals surface area (Å²) in [6.45, 7) is 5.16. The van der Waals surface area contributed by atoms with Crippen LogP contribution in [0.25, 0.3) is 0 Å². The van der Waals surface area contributed by atoms with Gasteiger partial charge in [0.1, 0.15) is 0 Å². The fourth-order valence-electron chi connectivity index (χ4n) is 3.18. The summed E-state index contributed by atoms with van der Waals surface area (Å²) >= 11 is 0. The molecule has 0 aromatic carbocycles. The summed E-state index contributed by atoms with van der Waals surface area (Å²) in [7, 11) is 0. The molecule has 2 saturated heterocycles. The Hall–Kier alpha value is -2.09. The van der Waals surface area contributed by atoms with E-state index in [0.29, 0.717) is 18.3 Å². The predicted octanol–water partition coefficient (Wildman–Crippen LogP) is 1.51. The molecule has 0 bridgehead atoms. The van der Waals surface area contributed by atoms with Crippen LogP contribution < -0.4 is 0 Å². The highest BCUT2D eigenvalue weighted by Crippen LogP contribution is 2.29. The Morgan fingerprint density at radius 3 is 2.95 bits per heavy atom. The Morgan fingerprint density at radius 1 is 1.48 bits per heavy atom. The van der Waals surface area contributed by atoms with Gasteiger partial charge in [-0.15, -0.1) is 0 Å². The van der Waals surface area contributed by atoms with Crippen LogP contribution in [-0.4, -0.2) is 46.9 Å². The first-order valence-corrected chi connectivity index (χ1v) is 7.50. The Labute approximate surface area is 125 Å². The highest BCUT2D eigenvalue weighted by Gasteiger charge is 2.33. The zero-order valence-corrected chi connectivity index (χ0v) is 12.3. The van der Waals surface area contributed by atoms with Gasteiger partial charge in [-0.05, 0) is 37.0 Å². The van der Waals surface area contributed by atoms with E-state index in [2.05, 4.69) is 17.2 Å². The molecule has 0 N–H and O–H groups in total. The highest BCUT2D eigenvalue weighted by atomic mass is 16.2. The van der Waals surface area contributed by atoms with E-state index in [0.717, 1.165) is 38.3 Å². The second kappa shape index (κ2) is 5.72. The van der Waals surface area contributed by atoms with Crippen molar-refractivity contribution in [3.8, 4) is 6.19 Å². The molecule has 110 valence electrons. The van der Waals surface area contributed by atoms with E-state index in [1.54, 1.807) is 4.90 Å². The first-order valence-electron chi connectivity index (χ1n) is 7.50. The highest BCUT2D eigenvalue weighted by molar-refractivity contribution is 5.77. The molecular weight excluding hydrogens is 264 g/mol. The van der Waals surface area contributed by atoms with Crippen molar-refractivity contribution in [2.24, 2.45) is 5.92 Å². The lowest BCUT2D eigenvalue weighted by Gasteiger charge is -2.40. The van der Waals surface area contributed by atoms with Gasteiger partial charge in [-0.25, -0.2) is 0 Å². The molecule has 0 spiro atoms. The number of aryl methyl sites for hydroxylation is 1. The van der Waals surface area contributed by atoms with Crippen LogP contribution in [0, 0.1) is 24.3 Å². The number of likely N-dealkylation sites (tertiary alicyclic amines) is 2. The van der Waals surface area contributed by atoms with Gasteiger partial charge in [0.25, 0.3) is 0 Å². The second-order valence-corrected chi connectivity index (χ2v) is 6.13. The Kier molecular flexibility index (Phi) is 3.78. The predicted molar refractivity (Wildman–Crippen MR) is 78.2 cm³/mol. The minimum Gasteiger partial charge on any atom is -0.341 e. The fourth-order valence-corrected chi connectivity index (χ4v) is 3.18. The summed E-state index contributed by atoms with van der Waals surface area (Å²) in [6.07, 6.45) is 5.54. The first-order chi connectivity index (χ1) is 10.2. The van der Waals surface area contributed by atoms with Gasteiger partial charge in [0.15, 0.2) is 6.19 Å². The van der Waals surface area contributed by atoms with Crippen molar-refractivity contribution in [1.82, 2.24) is 14.8 Å². The Bertz CT molecular complexity index is 574. The standard InChI is InChI=1S/C16H20N4O/c1-12-6-14(2-4-18-12)15-9-20(10-15)16(21)7-13-3-5-19(8-13)11-17/h2,4,6,13,15H,3,5,7-10H2,1H3. The van der Waals surface area contributed by atoms with E-state index in [1.807, 2.05) is 24.1 Å². The third kappa shape index (κ3) is 2.99. The van der Waals surface area contributed by atoms with Gasteiger partial charge in [-0.1, -0.05) is 0 Å². The summed E-state index contributed by atoms with van der Waals surface area (Å²) in [4.78, 5) is 20.1. The van der Waals surface area contributed by atoms with Crippen LogP contribution in [0.3, 0.4) is 0 Å². The van der Waals surface area contributed by atoms with Gasteiger partial charge in [0.2, 0.25) is 5.91 Å². The average Bonchev–Trinajstić information content (AvgIpc) is 2.84. The maximum absolute atomic E-state index is 12.2. The number of nitrogens with zero attached hydrogens (tertiary/aromatic N) is 4. The van der Waals surface area contributed by atoms with Gasteiger partial charge in [0, 0.05) is 50.4 Å². The summed E-state index contributed by atoms with van der Waals surface area (Å²) in [5.74, 6) is 1.04. The van der Waals surface area contributed by atoms with Crippen molar-refractivity contribution in [3.63, 3.8) is 0 Å². The molecule has 0 radical (unpaired) electrons. The van der Waals surface area contributed by atoms with Crippen molar-refractivity contribution in [2.45, 2.75) is 25.7 Å². The molecule has 2 aliphatic heterocycles. The molecule has 1 aromatic rings. The molecule has 21 heavy (non-hydrogen) atoms. The van der Waals surface area contributed by atoms with E-state index in [4.69, 9.17) is 5.26 Å². The molecule has 0 saturated carbocycles. The van der Waals surface area contributed by atoms with Gasteiger partial charge >= 0.3 is 0 Å². The molecule has 2 fully saturated rings. The molecule has 1 unspecified atom stereocenters. The topological polar surface area (TPSA) is 60.2 Å². The van der Waals surface area contributed by atoms with Gasteiger partial charge in [-0.3, -0.25) is 9.78 Å². The van der Waals surface area contributed by atoms with Crippen LogP contribution >= 0.6 is 0 Å². The Morgan fingerprint density at radius 2 is 2.29 bits per heavy atom. The summed E-state index contributed by atoms with van der Waals surface area (Å²) < 4.78 is 0. The molecule has 3 rings (SSSR count). The lowest BCUT2D eigenvalue weighted by Crippen LogP contribution is -2.49. The van der Waals surface area contributed by atoms with E-state index in [-0.39, 0.29) is 5.91 Å². The van der Waals surface area contributed by atoms with E-state index in [9.17, 15) is 4.79 Å². The normalized spacial score (nSPS) is 22.0. The van der Waals surface area contributed by atoms with Crippen LogP contribution in [0.15, 0.2) is 18.3 Å². The number of pyridine rings is 1. The van der Waals surface area contributed by atoms with E-state index < -0.39 is 0 Å². The summed E-state index contributed by atoms with van der Waals surface area (Å²) in [5, 5.41) is 8.84. The largest absolute Gasteiger partial charge is 0.341 e. The average molecular weight is 284 g/mol. The second-order valence-electron chi connectivity index (χ2n) is 6.13. The molecule has 1 amide bonds. The number of carbonyl (C=O) groups is 1. The van der Waals surface area contributed by atoms with E-state index in [1.165, 1.54) is 5.56 Å². The van der Waals surface area contributed by atoms with Crippen LogP contribution in [-0.2, 0) is 4.79 Å². The lowest BCUT2D eigenvalue weighted by molar-refractivity contribution is -0.136. The summed E-state index contributed by atoms with van der Waals surface area (Å²) in [5.41, 5.74) is 2.31. The first kappa shape index (κ1) is 13.9. The lowest BCUT2D eigenvalue weighted by atomic mass is 9.90. The number of nitriles is 1. The van der Waals surface area contributed by atoms with Crippen molar-refractivity contribution in [1.29, 1.82) is 5.26 Å². The maximum Gasteiger partial charge on any atom is 0.222 e. The van der Waals surface area contributed by atoms with Gasteiger partial charge in [-0.2, -0.15) is 5.26 Å². The molecule has 3 heterocycles. The van der Waals surface area contributed by atoms with Crippen molar-refractivity contribution >= 4 is 5.91 Å². The minimum atomic E-state index is 0.238. The molecule has 5 nitrogen and oxygen atoms in total. The maximum atomic E-state index is 12.2. The van der Waals surface area contributed by atoms with Crippen molar-refractivity contribution in [2.75, 3.05) is 26.2 Å². The molecule has 1 aromatic heterocycles. The van der Waals surface area contributed by atoms with Crippen molar-refractivity contribution in [3.05, 3.63) is 29.6 Å². The zero-order chi connectivity index (χ0) is 14.8. The van der Waals surface area contributed by atoms with Crippen molar-refractivity contribution < 1.29 is 4.79 Å². The number of hydrogen-bond donors (Lipinski definition) is 0. The van der Waals surface area contributed by atoms with Crippen LogP contribution in [0.1, 0.15) is 30.0 Å². The Balaban J connectivity index is 1.48. The SMILES string of the molecule is Cc1cc(C2CN(C(=O)CC3CCN(C#N)C3)C2)ccn1. The van der Waals surface area contributed by atoms with Gasteiger partial charge < -0.3 is 9.80 Å². The third-order valence-electron chi connectivity index (χ3n) is 4.52. The van der Waals surface area contributed by atoms with Gasteiger partial charge in [0.05, 0.1) is 0 Å². The fraction of sp³-hybridized carbons (Fsp3) is 0.562. The number of amides is 1.